The predicted molar refractivity (Wildman–Crippen MR) is 107 cm³/mol. The fourth-order valence-corrected chi connectivity index (χ4v) is 5.32. The molecule has 1 unspecified atom stereocenters. The van der Waals surface area contributed by atoms with Crippen LogP contribution in [0.25, 0.3) is 21.3 Å². The van der Waals surface area contributed by atoms with Gasteiger partial charge in [-0.05, 0) is 59.6 Å². The highest BCUT2D eigenvalue weighted by atomic mass is 32.1. The zero-order valence-corrected chi connectivity index (χ0v) is 15.8. The number of rotatable bonds is 3. The smallest absolute Gasteiger partial charge is 0.341 e. The number of nitrogens with one attached hydrogen (secondary N) is 2. The lowest BCUT2D eigenvalue weighted by Gasteiger charge is -2.19. The molecule has 138 valence electrons. The third kappa shape index (κ3) is 2.71. The third-order valence-corrected chi connectivity index (χ3v) is 6.86. The van der Waals surface area contributed by atoms with Crippen LogP contribution in [0.3, 0.4) is 0 Å². The molecule has 6 heteroatoms. The molecular formula is C21H20N2O3S. The van der Waals surface area contributed by atoms with Gasteiger partial charge < -0.3 is 15.4 Å². The number of H-pyrrole nitrogens is 1. The van der Waals surface area contributed by atoms with Crippen molar-refractivity contribution in [2.75, 3.05) is 6.54 Å². The van der Waals surface area contributed by atoms with Gasteiger partial charge >= 0.3 is 5.97 Å². The van der Waals surface area contributed by atoms with Crippen LogP contribution in [-0.4, -0.2) is 22.6 Å². The third-order valence-electron chi connectivity index (χ3n) is 5.67. The molecule has 2 aliphatic rings. The summed E-state index contributed by atoms with van der Waals surface area (Å²) in [5.74, 6) is -0.226. The molecule has 3 heterocycles. The van der Waals surface area contributed by atoms with Crippen molar-refractivity contribution in [3.63, 3.8) is 0 Å². The number of benzene rings is 1. The van der Waals surface area contributed by atoms with E-state index in [1.165, 1.54) is 32.6 Å². The van der Waals surface area contributed by atoms with Gasteiger partial charge in [0.15, 0.2) is 0 Å². The van der Waals surface area contributed by atoms with Gasteiger partial charge in [0.05, 0.1) is 0 Å². The van der Waals surface area contributed by atoms with Gasteiger partial charge in [-0.1, -0.05) is 6.92 Å². The van der Waals surface area contributed by atoms with Crippen molar-refractivity contribution in [2.45, 2.75) is 38.1 Å². The van der Waals surface area contributed by atoms with E-state index in [4.69, 9.17) is 0 Å². The van der Waals surface area contributed by atoms with Crippen LogP contribution < -0.4 is 10.7 Å². The Hall–Kier alpha value is -2.44. The van der Waals surface area contributed by atoms with E-state index in [9.17, 15) is 14.7 Å². The number of carbonyl (C=O) groups is 1. The average molecular weight is 380 g/mol. The topological polar surface area (TPSA) is 82.2 Å². The van der Waals surface area contributed by atoms with Crippen molar-refractivity contribution in [3.05, 3.63) is 56.2 Å². The fraction of sp³-hybridized carbons (Fsp3) is 0.333. The zero-order chi connectivity index (χ0) is 18.7. The van der Waals surface area contributed by atoms with Gasteiger partial charge in [-0.2, -0.15) is 0 Å². The molecule has 3 aromatic rings. The Labute approximate surface area is 160 Å². The Morgan fingerprint density at radius 1 is 1.22 bits per heavy atom. The molecule has 0 spiro atoms. The molecule has 1 aliphatic carbocycles. The summed E-state index contributed by atoms with van der Waals surface area (Å²) in [4.78, 5) is 29.6. The second-order valence-electron chi connectivity index (χ2n) is 7.62. The number of carboxylic acids is 1. The van der Waals surface area contributed by atoms with Crippen LogP contribution in [0.4, 0.5) is 0 Å². The molecule has 0 saturated heterocycles. The van der Waals surface area contributed by atoms with Crippen molar-refractivity contribution in [2.24, 2.45) is 0 Å². The zero-order valence-electron chi connectivity index (χ0n) is 15.0. The maximum absolute atomic E-state index is 12.6. The number of carboxylic acid groups (broad SMARTS) is 1. The summed E-state index contributed by atoms with van der Waals surface area (Å²) in [6.45, 7) is 4.16. The minimum atomic E-state index is -1.19. The molecule has 0 radical (unpaired) electrons. The van der Waals surface area contributed by atoms with Crippen LogP contribution in [0.5, 0.6) is 0 Å². The van der Waals surface area contributed by atoms with Gasteiger partial charge in [-0.15, -0.1) is 11.3 Å². The van der Waals surface area contributed by atoms with Crippen molar-refractivity contribution < 1.29 is 9.90 Å². The summed E-state index contributed by atoms with van der Waals surface area (Å²) >= 11 is 1.82. The Kier molecular flexibility index (Phi) is 3.74. The Morgan fingerprint density at radius 3 is 2.74 bits per heavy atom. The number of hydrogen-bond acceptors (Lipinski definition) is 4. The average Bonchev–Trinajstić information content (AvgIpc) is 3.39. The van der Waals surface area contributed by atoms with E-state index in [1.54, 1.807) is 0 Å². The number of pyridine rings is 1. The van der Waals surface area contributed by atoms with E-state index in [0.29, 0.717) is 22.7 Å². The second-order valence-corrected chi connectivity index (χ2v) is 8.75. The Bertz CT molecular complexity index is 1140. The molecule has 1 aliphatic heterocycles. The maximum Gasteiger partial charge on any atom is 0.341 e. The van der Waals surface area contributed by atoms with E-state index in [-0.39, 0.29) is 5.56 Å². The highest BCUT2D eigenvalue weighted by molar-refractivity contribution is 7.15. The summed E-state index contributed by atoms with van der Waals surface area (Å²) in [6, 6.07) is 6.27. The molecule has 3 N–H and O–H groups in total. The Morgan fingerprint density at radius 2 is 2.04 bits per heavy atom. The van der Waals surface area contributed by atoms with Crippen molar-refractivity contribution >= 4 is 28.2 Å². The van der Waals surface area contributed by atoms with E-state index in [0.717, 1.165) is 25.9 Å². The Balaban J connectivity index is 1.73. The number of aromatic amines is 1. The van der Waals surface area contributed by atoms with Crippen LogP contribution in [0.1, 0.15) is 58.0 Å². The van der Waals surface area contributed by atoms with Gasteiger partial charge in [0, 0.05) is 39.9 Å². The first-order valence-electron chi connectivity index (χ1n) is 9.29. The SMILES string of the molecule is CC1CNCc2sc(-c3cc4[nH]cc(C(=O)O)c(=O)c4cc3C3CC3)cc21. The normalized spacial score (nSPS) is 19.2. The number of hydrogen-bond donors (Lipinski definition) is 3. The summed E-state index contributed by atoms with van der Waals surface area (Å²) in [5.41, 5.74) is 3.86. The summed E-state index contributed by atoms with van der Waals surface area (Å²) in [7, 11) is 0. The second kappa shape index (κ2) is 6.04. The van der Waals surface area contributed by atoms with Gasteiger partial charge in [0.1, 0.15) is 5.56 Å². The molecule has 1 aromatic carbocycles. The van der Waals surface area contributed by atoms with Crippen LogP contribution in [-0.2, 0) is 6.54 Å². The number of aromatic carboxylic acids is 1. The minimum absolute atomic E-state index is 0.205. The lowest BCUT2D eigenvalue weighted by Crippen LogP contribution is -2.24. The molecular weight excluding hydrogens is 360 g/mol. The molecule has 2 aromatic heterocycles. The molecule has 5 nitrogen and oxygen atoms in total. The molecule has 1 atom stereocenters. The number of thiophene rings is 1. The largest absolute Gasteiger partial charge is 0.477 e. The van der Waals surface area contributed by atoms with Gasteiger partial charge in [-0.3, -0.25) is 4.79 Å². The monoisotopic (exact) mass is 380 g/mol. The standard InChI is InChI=1S/C21H20N2O3S/c1-10-7-22-9-19-12(10)6-18(27-19)14-5-17-15(4-13(14)11-2-3-11)20(24)16(8-23-17)21(25)26/h4-6,8,10-11,22H,2-3,7,9H2,1H3,(H,23,24)(H,25,26). The number of aromatic nitrogens is 1. The molecule has 0 bridgehead atoms. The van der Waals surface area contributed by atoms with Gasteiger partial charge in [0.25, 0.3) is 0 Å². The molecule has 1 saturated carbocycles. The summed E-state index contributed by atoms with van der Waals surface area (Å²) in [5, 5.41) is 13.2. The molecule has 1 fully saturated rings. The van der Waals surface area contributed by atoms with Crippen molar-refractivity contribution in [3.8, 4) is 10.4 Å². The quantitative estimate of drug-likeness (QED) is 0.640. The summed E-state index contributed by atoms with van der Waals surface area (Å²) in [6.07, 6.45) is 3.55. The number of fused-ring (bicyclic) bond motifs is 2. The van der Waals surface area contributed by atoms with E-state index in [2.05, 4.69) is 23.3 Å². The van der Waals surface area contributed by atoms with Crippen LogP contribution in [0.2, 0.25) is 0 Å². The van der Waals surface area contributed by atoms with Crippen LogP contribution in [0, 0.1) is 0 Å². The fourth-order valence-electron chi connectivity index (χ4n) is 4.03. The highest BCUT2D eigenvalue weighted by Crippen LogP contribution is 2.47. The van der Waals surface area contributed by atoms with E-state index >= 15 is 0 Å². The lowest BCUT2D eigenvalue weighted by atomic mass is 9.95. The summed E-state index contributed by atoms with van der Waals surface area (Å²) < 4.78 is 0. The molecule has 5 rings (SSSR count). The van der Waals surface area contributed by atoms with Crippen molar-refractivity contribution in [1.82, 2.24) is 10.3 Å². The highest BCUT2D eigenvalue weighted by Gasteiger charge is 2.29. The van der Waals surface area contributed by atoms with E-state index in [1.807, 2.05) is 23.5 Å². The van der Waals surface area contributed by atoms with Gasteiger partial charge in [0.2, 0.25) is 5.43 Å². The predicted octanol–water partition coefficient (Wildman–Crippen LogP) is 4.04. The maximum atomic E-state index is 12.6. The van der Waals surface area contributed by atoms with Gasteiger partial charge in [-0.25, -0.2) is 4.79 Å². The van der Waals surface area contributed by atoms with Crippen LogP contribution >= 0.6 is 11.3 Å². The first-order valence-corrected chi connectivity index (χ1v) is 10.1. The first-order chi connectivity index (χ1) is 13.0. The van der Waals surface area contributed by atoms with Crippen molar-refractivity contribution in [1.29, 1.82) is 0 Å². The first kappa shape index (κ1) is 16.7. The van der Waals surface area contributed by atoms with Crippen LogP contribution in [0.15, 0.2) is 29.2 Å². The lowest BCUT2D eigenvalue weighted by molar-refractivity contribution is 0.0695. The molecule has 0 amide bonds. The minimum Gasteiger partial charge on any atom is -0.477 e. The molecule has 27 heavy (non-hydrogen) atoms. The van der Waals surface area contributed by atoms with E-state index < -0.39 is 11.4 Å².